The number of carbonyl (C=O) groups excluding carboxylic acids is 2. The van der Waals surface area contributed by atoms with Crippen molar-refractivity contribution in [2.24, 2.45) is 5.10 Å². The molecule has 0 saturated carbocycles. The number of carbonyl (C=O) groups is 2. The number of aromatic nitrogens is 3. The van der Waals surface area contributed by atoms with Gasteiger partial charge in [-0.2, -0.15) is 20.1 Å². The van der Waals surface area contributed by atoms with Crippen molar-refractivity contribution in [2.45, 2.75) is 45.4 Å². The van der Waals surface area contributed by atoms with Crippen molar-refractivity contribution in [3.8, 4) is 0 Å². The Balaban J connectivity index is 1.20. The fourth-order valence-corrected chi connectivity index (χ4v) is 4.92. The maximum absolute atomic E-state index is 12.5. The van der Waals surface area contributed by atoms with E-state index in [4.69, 9.17) is 19.7 Å². The van der Waals surface area contributed by atoms with E-state index in [0.29, 0.717) is 29.1 Å². The van der Waals surface area contributed by atoms with E-state index in [0.717, 1.165) is 63.0 Å². The van der Waals surface area contributed by atoms with Crippen LogP contribution >= 0.6 is 0 Å². The first-order valence-corrected chi connectivity index (χ1v) is 14.6. The number of nitrogens with one attached hydrogen (secondary N) is 1. The van der Waals surface area contributed by atoms with Gasteiger partial charge in [-0.25, -0.2) is 9.80 Å². The van der Waals surface area contributed by atoms with Crippen LogP contribution < -0.4 is 20.1 Å². The number of esters is 1. The summed E-state index contributed by atoms with van der Waals surface area (Å²) in [6.45, 7) is 5.38. The largest absolute Gasteiger partial charge is 0.452 e. The minimum atomic E-state index is -0.574. The molecule has 0 aliphatic carbocycles. The molecule has 1 aromatic heterocycles. The summed E-state index contributed by atoms with van der Waals surface area (Å²) in [5.41, 5.74) is 2.88. The molecule has 11 heteroatoms. The molecule has 2 aliphatic rings. The summed E-state index contributed by atoms with van der Waals surface area (Å²) in [6, 6.07) is 14.2. The number of hydrazone groups is 1. The molecule has 1 amide bonds. The maximum atomic E-state index is 12.5. The van der Waals surface area contributed by atoms with Crippen LogP contribution in [0.15, 0.2) is 53.6 Å². The molecule has 3 aromatic rings. The summed E-state index contributed by atoms with van der Waals surface area (Å²) in [5.74, 6) is 0.932. The average Bonchev–Trinajstić information content (AvgIpc) is 3.04. The number of nitrogens with zero attached hydrogens (tertiary/aromatic N) is 7. The van der Waals surface area contributed by atoms with Crippen molar-refractivity contribution in [1.82, 2.24) is 15.0 Å². The number of anilines is 4. The summed E-state index contributed by atoms with van der Waals surface area (Å²) < 4.78 is 5.18. The number of amides is 1. The standard InChI is InChI=1S/C31H38N8O3/c1-23-9-15-26(16-10-23)33-27(40)22-42-28(41)25-13-11-24(12-14-25)21-32-37(2)29-34-30(38-17-5-3-6-18-38)36-31(35-29)39-19-7-4-8-20-39/h9-16,21H,3-8,17-20,22H2,1-2H3,(H,33,40)/b32-21+. The minimum absolute atomic E-state index is 0.346. The molecule has 0 atom stereocenters. The normalized spacial score (nSPS) is 15.5. The third-order valence-corrected chi connectivity index (χ3v) is 7.36. The molecule has 0 spiro atoms. The predicted octanol–water partition coefficient (Wildman–Crippen LogP) is 4.43. The molecule has 0 unspecified atom stereocenters. The lowest BCUT2D eigenvalue weighted by molar-refractivity contribution is -0.119. The van der Waals surface area contributed by atoms with Crippen LogP contribution in [-0.2, 0) is 9.53 Å². The van der Waals surface area contributed by atoms with Gasteiger partial charge in [-0.1, -0.05) is 29.8 Å². The van der Waals surface area contributed by atoms with Gasteiger partial charge in [0.1, 0.15) is 0 Å². The van der Waals surface area contributed by atoms with E-state index in [-0.39, 0.29) is 6.61 Å². The summed E-state index contributed by atoms with van der Waals surface area (Å²) in [7, 11) is 1.82. The SMILES string of the molecule is Cc1ccc(NC(=O)COC(=O)c2ccc(/C=N/N(C)c3nc(N4CCCCC4)nc(N4CCCCC4)n3)cc2)cc1. The van der Waals surface area contributed by atoms with E-state index in [1.54, 1.807) is 47.6 Å². The third kappa shape index (κ3) is 7.80. The highest BCUT2D eigenvalue weighted by Gasteiger charge is 2.21. The molecule has 2 saturated heterocycles. The van der Waals surface area contributed by atoms with Gasteiger partial charge >= 0.3 is 5.97 Å². The molecule has 42 heavy (non-hydrogen) atoms. The number of piperidine rings is 2. The first-order chi connectivity index (χ1) is 20.4. The lowest BCUT2D eigenvalue weighted by Crippen LogP contribution is -2.35. The van der Waals surface area contributed by atoms with E-state index in [1.807, 2.05) is 26.1 Å². The summed E-state index contributed by atoms with van der Waals surface area (Å²) in [4.78, 5) is 43.4. The second kappa shape index (κ2) is 13.9. The fraction of sp³-hybridized carbons (Fsp3) is 0.419. The summed E-state index contributed by atoms with van der Waals surface area (Å²) >= 11 is 0. The van der Waals surface area contributed by atoms with Crippen LogP contribution in [-0.4, -0.2) is 72.9 Å². The second-order valence-corrected chi connectivity index (χ2v) is 10.7. The van der Waals surface area contributed by atoms with Crippen molar-refractivity contribution < 1.29 is 14.3 Å². The van der Waals surface area contributed by atoms with Gasteiger partial charge in [0.15, 0.2) is 6.61 Å². The van der Waals surface area contributed by atoms with Crippen molar-refractivity contribution >= 4 is 41.6 Å². The van der Waals surface area contributed by atoms with E-state index in [9.17, 15) is 9.59 Å². The fourth-order valence-electron chi connectivity index (χ4n) is 4.92. The lowest BCUT2D eigenvalue weighted by Gasteiger charge is -2.30. The van der Waals surface area contributed by atoms with Crippen LogP contribution in [0.25, 0.3) is 0 Å². The van der Waals surface area contributed by atoms with Crippen molar-refractivity contribution in [1.29, 1.82) is 0 Å². The van der Waals surface area contributed by atoms with Crippen LogP contribution in [0.2, 0.25) is 0 Å². The van der Waals surface area contributed by atoms with Gasteiger partial charge in [0.05, 0.1) is 11.8 Å². The number of hydrogen-bond acceptors (Lipinski definition) is 10. The Labute approximate surface area is 246 Å². The monoisotopic (exact) mass is 570 g/mol. The van der Waals surface area contributed by atoms with Gasteiger partial charge in [0.2, 0.25) is 11.9 Å². The number of benzene rings is 2. The molecule has 2 aromatic carbocycles. The Morgan fingerprint density at radius 2 is 1.43 bits per heavy atom. The first-order valence-electron chi connectivity index (χ1n) is 14.6. The van der Waals surface area contributed by atoms with Crippen LogP contribution in [0, 0.1) is 6.92 Å². The van der Waals surface area contributed by atoms with Crippen LogP contribution in [0.3, 0.4) is 0 Å². The molecule has 0 bridgehead atoms. The van der Waals surface area contributed by atoms with E-state index < -0.39 is 11.9 Å². The van der Waals surface area contributed by atoms with E-state index in [1.165, 1.54) is 12.8 Å². The first kappa shape index (κ1) is 29.0. The topological polar surface area (TPSA) is 116 Å². The highest BCUT2D eigenvalue weighted by Crippen LogP contribution is 2.23. The molecular weight excluding hydrogens is 532 g/mol. The van der Waals surface area contributed by atoms with Gasteiger partial charge in [-0.15, -0.1) is 0 Å². The molecule has 2 fully saturated rings. The van der Waals surface area contributed by atoms with Crippen LogP contribution in [0.5, 0.6) is 0 Å². The Hall–Kier alpha value is -4.54. The maximum Gasteiger partial charge on any atom is 0.338 e. The van der Waals surface area contributed by atoms with Crippen LogP contribution in [0.4, 0.5) is 23.5 Å². The highest BCUT2D eigenvalue weighted by molar-refractivity contribution is 5.95. The van der Waals surface area contributed by atoms with Crippen molar-refractivity contribution in [3.63, 3.8) is 0 Å². The third-order valence-electron chi connectivity index (χ3n) is 7.36. The van der Waals surface area contributed by atoms with Crippen LogP contribution in [0.1, 0.15) is 60.0 Å². The summed E-state index contributed by atoms with van der Waals surface area (Å²) in [6.07, 6.45) is 8.71. The number of ether oxygens (including phenoxy) is 1. The number of rotatable bonds is 9. The van der Waals surface area contributed by atoms with Gasteiger partial charge in [-0.05, 0) is 75.3 Å². The lowest BCUT2D eigenvalue weighted by atomic mass is 10.1. The molecule has 1 N–H and O–H groups in total. The Morgan fingerprint density at radius 3 is 2.00 bits per heavy atom. The Kier molecular flexibility index (Phi) is 9.58. The molecule has 3 heterocycles. The summed E-state index contributed by atoms with van der Waals surface area (Å²) in [5, 5.41) is 8.93. The van der Waals surface area contributed by atoms with Gasteiger partial charge in [0, 0.05) is 38.9 Å². The van der Waals surface area contributed by atoms with Gasteiger partial charge < -0.3 is 19.9 Å². The number of hydrogen-bond donors (Lipinski definition) is 1. The average molecular weight is 571 g/mol. The molecule has 11 nitrogen and oxygen atoms in total. The highest BCUT2D eigenvalue weighted by atomic mass is 16.5. The zero-order chi connectivity index (χ0) is 29.3. The molecule has 2 aliphatic heterocycles. The predicted molar refractivity (Wildman–Crippen MR) is 164 cm³/mol. The second-order valence-electron chi connectivity index (χ2n) is 10.7. The minimum Gasteiger partial charge on any atom is -0.452 e. The number of aryl methyl sites for hydroxylation is 1. The molecular formula is C31H38N8O3. The van der Waals surface area contributed by atoms with Crippen molar-refractivity contribution in [3.05, 3.63) is 65.2 Å². The molecule has 0 radical (unpaired) electrons. The van der Waals surface area contributed by atoms with E-state index >= 15 is 0 Å². The molecule has 220 valence electrons. The Morgan fingerprint density at radius 1 is 0.857 bits per heavy atom. The van der Waals surface area contributed by atoms with E-state index in [2.05, 4.69) is 20.2 Å². The van der Waals surface area contributed by atoms with Gasteiger partial charge in [-0.3, -0.25) is 4.79 Å². The van der Waals surface area contributed by atoms with Gasteiger partial charge in [0.25, 0.3) is 11.9 Å². The van der Waals surface area contributed by atoms with Crippen molar-refractivity contribution in [2.75, 3.05) is 60.0 Å². The Bertz CT molecular complexity index is 1350. The zero-order valence-corrected chi connectivity index (χ0v) is 24.3. The quantitative estimate of drug-likeness (QED) is 0.227. The zero-order valence-electron chi connectivity index (χ0n) is 24.3. The molecule has 5 rings (SSSR count). The smallest absolute Gasteiger partial charge is 0.338 e.